The third kappa shape index (κ3) is 7.34. The van der Waals surface area contributed by atoms with Crippen molar-refractivity contribution < 1.29 is 4.74 Å². The molecule has 3 rings (SSSR count). The summed E-state index contributed by atoms with van der Waals surface area (Å²) in [5.74, 6) is 1.53. The van der Waals surface area contributed by atoms with Gasteiger partial charge in [0.1, 0.15) is 12.4 Å². The minimum Gasteiger partial charge on any atom is -0.487 e. The van der Waals surface area contributed by atoms with Crippen LogP contribution in [0.4, 0.5) is 0 Å². The predicted molar refractivity (Wildman–Crippen MR) is 114 cm³/mol. The Labute approximate surface area is 173 Å². The summed E-state index contributed by atoms with van der Waals surface area (Å²) in [6.45, 7) is 4.75. The van der Waals surface area contributed by atoms with Crippen molar-refractivity contribution in [3.63, 3.8) is 0 Å². The Hall–Kier alpha value is -0.970. The lowest BCUT2D eigenvalue weighted by molar-refractivity contribution is 0.306. The van der Waals surface area contributed by atoms with E-state index >= 15 is 0 Å². The predicted octanol–water partition coefficient (Wildman–Crippen LogP) is 4.85. The molecule has 2 aromatic rings. The van der Waals surface area contributed by atoms with E-state index in [0.717, 1.165) is 43.4 Å². The zero-order valence-corrected chi connectivity index (χ0v) is 17.1. The Morgan fingerprint density at radius 2 is 1.73 bits per heavy atom. The van der Waals surface area contributed by atoms with Crippen molar-refractivity contribution in [1.29, 1.82) is 0 Å². The average Bonchev–Trinajstić information content (AvgIpc) is 2.63. The first kappa shape index (κ1) is 23.1. The highest BCUT2D eigenvalue weighted by atomic mass is 35.5. The number of nitrogens with one attached hydrogen (secondary N) is 2. The highest BCUT2D eigenvalue weighted by Gasteiger charge is 2.12. The second-order valence-electron chi connectivity index (χ2n) is 6.36. The minimum absolute atomic E-state index is 0. The third-order valence-electron chi connectivity index (χ3n) is 4.45. The summed E-state index contributed by atoms with van der Waals surface area (Å²) in [6, 6.07) is 16.2. The van der Waals surface area contributed by atoms with E-state index in [1.165, 1.54) is 18.4 Å². The Morgan fingerprint density at radius 1 is 1.00 bits per heavy atom. The van der Waals surface area contributed by atoms with Crippen LogP contribution in [0.2, 0.25) is 5.02 Å². The maximum atomic E-state index is 6.36. The molecule has 0 aromatic heterocycles. The average molecular weight is 418 g/mol. The van der Waals surface area contributed by atoms with E-state index in [0.29, 0.717) is 11.6 Å². The molecule has 1 heterocycles. The van der Waals surface area contributed by atoms with Gasteiger partial charge in [0, 0.05) is 6.54 Å². The fraction of sp³-hybridized carbons (Fsp3) is 0.400. The first-order valence-corrected chi connectivity index (χ1v) is 9.05. The molecule has 0 unspecified atom stereocenters. The minimum atomic E-state index is 0. The molecule has 3 nitrogen and oxygen atoms in total. The molecular formula is C20H27Cl3N2O. The van der Waals surface area contributed by atoms with Crippen molar-refractivity contribution in [1.82, 2.24) is 10.6 Å². The molecule has 1 fully saturated rings. The van der Waals surface area contributed by atoms with Gasteiger partial charge in [-0.1, -0.05) is 48.0 Å². The summed E-state index contributed by atoms with van der Waals surface area (Å²) >= 11 is 6.36. The maximum absolute atomic E-state index is 6.36. The number of ether oxygens (including phenoxy) is 1. The monoisotopic (exact) mass is 416 g/mol. The lowest BCUT2D eigenvalue weighted by atomic mass is 9.98. The van der Waals surface area contributed by atoms with Gasteiger partial charge in [-0.3, -0.25) is 0 Å². The fourth-order valence-electron chi connectivity index (χ4n) is 3.01. The number of hydrogen-bond acceptors (Lipinski definition) is 3. The van der Waals surface area contributed by atoms with Crippen LogP contribution < -0.4 is 15.4 Å². The van der Waals surface area contributed by atoms with Gasteiger partial charge in [-0.15, -0.1) is 24.8 Å². The SMILES string of the molecule is Cl.Cl.Clc1cc(CNCC2CCNCC2)ccc1OCc1ccccc1. The Balaban J connectivity index is 0.00000169. The summed E-state index contributed by atoms with van der Waals surface area (Å²) in [6.07, 6.45) is 2.53. The standard InChI is InChI=1S/C20H25ClN2O.2ClH/c21-19-12-18(14-23-13-16-8-10-22-11-9-16)6-7-20(19)24-15-17-4-2-1-3-5-17;;/h1-7,12,16,22-23H,8-11,13-15H2;2*1H. The Morgan fingerprint density at radius 3 is 2.42 bits per heavy atom. The molecule has 0 spiro atoms. The van der Waals surface area contributed by atoms with E-state index in [2.05, 4.69) is 16.7 Å². The normalized spacial score (nSPS) is 14.2. The van der Waals surface area contributed by atoms with E-state index in [1.54, 1.807) is 0 Å². The zero-order valence-electron chi connectivity index (χ0n) is 14.7. The van der Waals surface area contributed by atoms with Gasteiger partial charge in [0.25, 0.3) is 0 Å². The largest absolute Gasteiger partial charge is 0.487 e. The van der Waals surface area contributed by atoms with Crippen molar-refractivity contribution in [2.75, 3.05) is 19.6 Å². The molecule has 144 valence electrons. The molecule has 0 aliphatic carbocycles. The number of hydrogen-bond donors (Lipinski definition) is 2. The van der Waals surface area contributed by atoms with E-state index in [9.17, 15) is 0 Å². The van der Waals surface area contributed by atoms with Gasteiger partial charge in [0.2, 0.25) is 0 Å². The second kappa shape index (κ2) is 12.4. The van der Waals surface area contributed by atoms with Crippen molar-refractivity contribution in [2.24, 2.45) is 5.92 Å². The van der Waals surface area contributed by atoms with E-state index < -0.39 is 0 Å². The Bertz CT molecular complexity index is 634. The number of benzene rings is 2. The lowest BCUT2D eigenvalue weighted by Crippen LogP contribution is -2.33. The van der Waals surface area contributed by atoms with E-state index in [-0.39, 0.29) is 24.8 Å². The molecule has 0 bridgehead atoms. The molecule has 0 saturated carbocycles. The molecule has 0 atom stereocenters. The highest BCUT2D eigenvalue weighted by Crippen LogP contribution is 2.26. The molecule has 2 N–H and O–H groups in total. The molecule has 1 aliphatic heterocycles. The smallest absolute Gasteiger partial charge is 0.138 e. The summed E-state index contributed by atoms with van der Waals surface area (Å²) in [7, 11) is 0. The Kier molecular flexibility index (Phi) is 11.0. The zero-order chi connectivity index (χ0) is 16.6. The summed E-state index contributed by atoms with van der Waals surface area (Å²) < 4.78 is 5.82. The molecular weight excluding hydrogens is 391 g/mol. The van der Waals surface area contributed by atoms with Crippen molar-refractivity contribution in [3.8, 4) is 5.75 Å². The molecule has 26 heavy (non-hydrogen) atoms. The van der Waals surface area contributed by atoms with E-state index in [1.807, 2.05) is 42.5 Å². The van der Waals surface area contributed by atoms with Crippen LogP contribution >= 0.6 is 36.4 Å². The summed E-state index contributed by atoms with van der Waals surface area (Å²) in [5.41, 5.74) is 2.34. The quantitative estimate of drug-likeness (QED) is 0.675. The van der Waals surface area contributed by atoms with Crippen LogP contribution in [0.25, 0.3) is 0 Å². The molecule has 2 aromatic carbocycles. The highest BCUT2D eigenvalue weighted by molar-refractivity contribution is 6.32. The van der Waals surface area contributed by atoms with Crippen LogP contribution in [0.15, 0.2) is 48.5 Å². The van der Waals surface area contributed by atoms with Crippen LogP contribution in [0.1, 0.15) is 24.0 Å². The van der Waals surface area contributed by atoms with Gasteiger partial charge < -0.3 is 15.4 Å². The van der Waals surface area contributed by atoms with Gasteiger partial charge in [0.05, 0.1) is 5.02 Å². The second-order valence-corrected chi connectivity index (χ2v) is 6.77. The molecule has 0 amide bonds. The first-order chi connectivity index (χ1) is 11.8. The maximum Gasteiger partial charge on any atom is 0.138 e. The number of rotatable bonds is 7. The first-order valence-electron chi connectivity index (χ1n) is 8.68. The fourth-order valence-corrected chi connectivity index (χ4v) is 3.27. The number of halogens is 3. The van der Waals surface area contributed by atoms with Gasteiger partial charge in [0.15, 0.2) is 0 Å². The van der Waals surface area contributed by atoms with Crippen molar-refractivity contribution >= 4 is 36.4 Å². The topological polar surface area (TPSA) is 33.3 Å². The number of piperidine rings is 1. The third-order valence-corrected chi connectivity index (χ3v) is 4.75. The van der Waals surface area contributed by atoms with Crippen LogP contribution in [0.5, 0.6) is 5.75 Å². The molecule has 1 aliphatic rings. The van der Waals surface area contributed by atoms with Crippen molar-refractivity contribution in [2.45, 2.75) is 26.0 Å². The van der Waals surface area contributed by atoms with Gasteiger partial charge in [-0.2, -0.15) is 0 Å². The summed E-state index contributed by atoms with van der Waals surface area (Å²) in [5, 5.41) is 7.62. The van der Waals surface area contributed by atoms with Gasteiger partial charge >= 0.3 is 0 Å². The summed E-state index contributed by atoms with van der Waals surface area (Å²) in [4.78, 5) is 0. The molecule has 0 radical (unpaired) electrons. The van der Waals surface area contributed by atoms with Crippen LogP contribution in [0.3, 0.4) is 0 Å². The molecule has 6 heteroatoms. The van der Waals surface area contributed by atoms with Crippen LogP contribution in [0, 0.1) is 5.92 Å². The lowest BCUT2D eigenvalue weighted by Gasteiger charge is -2.22. The van der Waals surface area contributed by atoms with Crippen molar-refractivity contribution in [3.05, 3.63) is 64.7 Å². The molecule has 1 saturated heterocycles. The van der Waals surface area contributed by atoms with Crippen LogP contribution in [-0.2, 0) is 13.2 Å². The van der Waals surface area contributed by atoms with Gasteiger partial charge in [-0.05, 0) is 61.7 Å². The van der Waals surface area contributed by atoms with E-state index in [4.69, 9.17) is 16.3 Å². The van der Waals surface area contributed by atoms with Crippen LogP contribution in [-0.4, -0.2) is 19.6 Å². The van der Waals surface area contributed by atoms with Gasteiger partial charge in [-0.25, -0.2) is 0 Å².